The molecule has 0 aliphatic heterocycles. The molecule has 1 aliphatic carbocycles. The van der Waals surface area contributed by atoms with E-state index in [1.54, 1.807) is 0 Å². The van der Waals surface area contributed by atoms with E-state index >= 15 is 0 Å². The van der Waals surface area contributed by atoms with Crippen LogP contribution in [-0.2, 0) is 19.4 Å². The number of fused-ring (bicyclic) bond motifs is 5. The number of aromatic nitrogens is 2. The Kier molecular flexibility index (Phi) is 3.02. The molecule has 22 heavy (non-hydrogen) atoms. The van der Waals surface area contributed by atoms with Gasteiger partial charge in [0.2, 0.25) is 0 Å². The van der Waals surface area contributed by atoms with Crippen LogP contribution in [0.3, 0.4) is 0 Å². The lowest BCUT2D eigenvalue weighted by Crippen LogP contribution is -2.35. The molecule has 0 bridgehead atoms. The van der Waals surface area contributed by atoms with Crippen LogP contribution in [0, 0.1) is 0 Å². The van der Waals surface area contributed by atoms with Crippen LogP contribution in [0.2, 0.25) is 0 Å². The van der Waals surface area contributed by atoms with Gasteiger partial charge in [0.25, 0.3) is 5.56 Å². The molecule has 1 aliphatic rings. The molecule has 4 rings (SSSR count). The fourth-order valence-corrected chi connectivity index (χ4v) is 4.35. The average molecular weight is 314 g/mol. The first kappa shape index (κ1) is 13.5. The van der Waals surface area contributed by atoms with Crippen LogP contribution in [0.15, 0.2) is 33.9 Å². The first-order chi connectivity index (χ1) is 10.7. The lowest BCUT2D eigenvalue weighted by atomic mass is 9.89. The van der Waals surface area contributed by atoms with Crippen molar-refractivity contribution in [3.63, 3.8) is 0 Å². The Morgan fingerprint density at radius 1 is 1.23 bits per heavy atom. The molecule has 0 saturated heterocycles. The van der Waals surface area contributed by atoms with E-state index in [2.05, 4.69) is 11.1 Å². The van der Waals surface area contributed by atoms with Crippen LogP contribution in [0.5, 0.6) is 0 Å². The van der Waals surface area contributed by atoms with Gasteiger partial charge in [-0.15, -0.1) is 11.3 Å². The number of nitrogens with one attached hydrogen (secondary N) is 1. The molecule has 6 heteroatoms. The molecule has 0 saturated carbocycles. The predicted molar refractivity (Wildman–Crippen MR) is 86.6 cm³/mol. The molecule has 3 aromatic rings. The lowest BCUT2D eigenvalue weighted by molar-refractivity contribution is 0.272. The van der Waals surface area contributed by atoms with Crippen LogP contribution in [0.4, 0.5) is 0 Å². The first-order valence-electron chi connectivity index (χ1n) is 7.18. The summed E-state index contributed by atoms with van der Waals surface area (Å²) in [5, 5.41) is 9.65. The van der Waals surface area contributed by atoms with Crippen molar-refractivity contribution >= 4 is 21.6 Å². The minimum Gasteiger partial charge on any atom is -0.395 e. The second-order valence-corrected chi connectivity index (χ2v) is 6.48. The van der Waals surface area contributed by atoms with Crippen molar-refractivity contribution < 1.29 is 5.11 Å². The summed E-state index contributed by atoms with van der Waals surface area (Å²) in [4.78, 5) is 29.3. The van der Waals surface area contributed by atoms with Gasteiger partial charge in [-0.3, -0.25) is 14.3 Å². The SMILES string of the molecule is O=c1[nH]c2sc3c(c2c(=O)n1CCO)-c1ccccc1CC3. The molecule has 2 aromatic heterocycles. The Bertz CT molecular complexity index is 997. The molecule has 112 valence electrons. The fraction of sp³-hybridized carbons (Fsp3) is 0.250. The van der Waals surface area contributed by atoms with Crippen LogP contribution >= 0.6 is 11.3 Å². The van der Waals surface area contributed by atoms with Crippen LogP contribution in [0.25, 0.3) is 21.3 Å². The number of thiophene rings is 1. The zero-order chi connectivity index (χ0) is 15.3. The van der Waals surface area contributed by atoms with Crippen molar-refractivity contribution in [1.82, 2.24) is 9.55 Å². The largest absolute Gasteiger partial charge is 0.395 e. The monoisotopic (exact) mass is 314 g/mol. The Labute approximate surface area is 129 Å². The van der Waals surface area contributed by atoms with Gasteiger partial charge in [0, 0.05) is 10.4 Å². The van der Waals surface area contributed by atoms with Gasteiger partial charge in [-0.25, -0.2) is 4.79 Å². The number of nitrogens with zero attached hydrogens (tertiary/aromatic N) is 1. The Balaban J connectivity index is 2.13. The van der Waals surface area contributed by atoms with Crippen molar-refractivity contribution in [3.8, 4) is 11.1 Å². The van der Waals surface area contributed by atoms with E-state index in [1.165, 1.54) is 16.9 Å². The number of aliphatic hydroxyl groups excluding tert-OH is 1. The Morgan fingerprint density at radius 2 is 2.05 bits per heavy atom. The Hall–Kier alpha value is -2.18. The quantitative estimate of drug-likeness (QED) is 0.753. The van der Waals surface area contributed by atoms with E-state index in [4.69, 9.17) is 5.11 Å². The number of aryl methyl sites for hydroxylation is 2. The number of aromatic amines is 1. The van der Waals surface area contributed by atoms with Crippen LogP contribution in [0.1, 0.15) is 10.4 Å². The standard InChI is InChI=1S/C16H14N2O3S/c19-8-7-18-15(20)13-12-10-4-2-1-3-9(10)5-6-11(12)22-14(13)17-16(18)21/h1-4,19H,5-8H2,(H,17,21). The van der Waals surface area contributed by atoms with Crippen molar-refractivity contribution in [2.24, 2.45) is 0 Å². The summed E-state index contributed by atoms with van der Waals surface area (Å²) in [6.07, 6.45) is 1.83. The molecule has 2 heterocycles. The zero-order valence-corrected chi connectivity index (χ0v) is 12.6. The number of aliphatic hydroxyl groups is 1. The van der Waals surface area contributed by atoms with Crippen molar-refractivity contribution in [2.45, 2.75) is 19.4 Å². The summed E-state index contributed by atoms with van der Waals surface area (Å²) >= 11 is 1.49. The summed E-state index contributed by atoms with van der Waals surface area (Å²) in [5.74, 6) is 0. The molecule has 0 amide bonds. The third kappa shape index (κ3) is 1.81. The third-order valence-electron chi connectivity index (χ3n) is 4.14. The summed E-state index contributed by atoms with van der Waals surface area (Å²) in [7, 11) is 0. The lowest BCUT2D eigenvalue weighted by Gasteiger charge is -2.16. The molecule has 0 atom stereocenters. The predicted octanol–water partition coefficient (Wildman–Crippen LogP) is 1.51. The highest BCUT2D eigenvalue weighted by Gasteiger charge is 2.24. The summed E-state index contributed by atoms with van der Waals surface area (Å²) < 4.78 is 1.08. The zero-order valence-electron chi connectivity index (χ0n) is 11.8. The summed E-state index contributed by atoms with van der Waals surface area (Å²) in [6, 6.07) is 8.08. The molecular formula is C16H14N2O3S. The van der Waals surface area contributed by atoms with Gasteiger partial charge in [0.1, 0.15) is 4.83 Å². The molecule has 0 spiro atoms. The maximum atomic E-state index is 12.7. The maximum Gasteiger partial charge on any atom is 0.329 e. The van der Waals surface area contributed by atoms with Gasteiger partial charge in [0.15, 0.2) is 0 Å². The van der Waals surface area contributed by atoms with Gasteiger partial charge < -0.3 is 5.11 Å². The highest BCUT2D eigenvalue weighted by molar-refractivity contribution is 7.19. The Morgan fingerprint density at radius 3 is 2.86 bits per heavy atom. The first-order valence-corrected chi connectivity index (χ1v) is 8.00. The molecule has 0 fully saturated rings. The fourth-order valence-electron chi connectivity index (χ4n) is 3.16. The normalized spacial score (nSPS) is 13.1. The highest BCUT2D eigenvalue weighted by atomic mass is 32.1. The second kappa shape index (κ2) is 4.93. The number of benzene rings is 1. The number of hydrogen-bond donors (Lipinski definition) is 2. The molecule has 5 nitrogen and oxygen atoms in total. The van der Waals surface area contributed by atoms with Gasteiger partial charge in [-0.1, -0.05) is 24.3 Å². The number of hydrogen-bond acceptors (Lipinski definition) is 4. The minimum atomic E-state index is -0.460. The topological polar surface area (TPSA) is 75.1 Å². The van der Waals surface area contributed by atoms with E-state index in [0.29, 0.717) is 10.2 Å². The smallest absolute Gasteiger partial charge is 0.329 e. The van der Waals surface area contributed by atoms with Crippen molar-refractivity contribution in [1.29, 1.82) is 0 Å². The van der Waals surface area contributed by atoms with E-state index in [-0.39, 0.29) is 18.7 Å². The maximum absolute atomic E-state index is 12.7. The van der Waals surface area contributed by atoms with Crippen LogP contribution < -0.4 is 11.2 Å². The average Bonchev–Trinajstić information content (AvgIpc) is 2.90. The van der Waals surface area contributed by atoms with E-state index in [0.717, 1.165) is 33.4 Å². The van der Waals surface area contributed by atoms with E-state index < -0.39 is 5.69 Å². The van der Waals surface area contributed by atoms with Crippen LogP contribution in [-0.4, -0.2) is 21.3 Å². The van der Waals surface area contributed by atoms with E-state index in [1.807, 2.05) is 18.2 Å². The molecule has 0 unspecified atom stereocenters. The molecule has 2 N–H and O–H groups in total. The number of rotatable bonds is 2. The van der Waals surface area contributed by atoms with Gasteiger partial charge >= 0.3 is 5.69 Å². The minimum absolute atomic E-state index is 0.0103. The highest BCUT2D eigenvalue weighted by Crippen LogP contribution is 2.41. The van der Waals surface area contributed by atoms with Gasteiger partial charge in [-0.05, 0) is 24.0 Å². The molecule has 1 aromatic carbocycles. The second-order valence-electron chi connectivity index (χ2n) is 5.37. The summed E-state index contributed by atoms with van der Waals surface area (Å²) in [5.41, 5.74) is 2.49. The van der Waals surface area contributed by atoms with E-state index in [9.17, 15) is 9.59 Å². The van der Waals surface area contributed by atoms with Crippen molar-refractivity contribution in [3.05, 3.63) is 55.5 Å². The third-order valence-corrected chi connectivity index (χ3v) is 5.30. The van der Waals surface area contributed by atoms with Gasteiger partial charge in [-0.2, -0.15) is 0 Å². The summed E-state index contributed by atoms with van der Waals surface area (Å²) in [6.45, 7) is -0.228. The van der Waals surface area contributed by atoms with Crippen molar-refractivity contribution in [2.75, 3.05) is 6.61 Å². The molecule has 0 radical (unpaired) electrons. The number of H-pyrrole nitrogens is 1. The molecular weight excluding hydrogens is 300 g/mol. The van der Waals surface area contributed by atoms with Gasteiger partial charge in [0.05, 0.1) is 18.5 Å².